The van der Waals surface area contributed by atoms with Crippen molar-refractivity contribution < 1.29 is 23.8 Å². The number of phenolic OH excluding ortho intramolecular Hbond substituents is 1. The molecule has 0 aliphatic heterocycles. The number of aromatic hydroxyl groups is 1. The Hall–Kier alpha value is -4.39. The molecule has 4 aromatic carbocycles. The van der Waals surface area contributed by atoms with Crippen LogP contribution in [0, 0.1) is 5.82 Å². The summed E-state index contributed by atoms with van der Waals surface area (Å²) in [5.41, 5.74) is 4.05. The number of amides is 1. The number of carbonyl (C=O) groups excluding carboxylic acids is 1. The molecular formula is C26H21FN2O4. The summed E-state index contributed by atoms with van der Waals surface area (Å²) in [4.78, 5) is 12.5. The highest BCUT2D eigenvalue weighted by atomic mass is 19.1. The number of nitrogens with zero attached hydrogens (tertiary/aromatic N) is 1. The van der Waals surface area contributed by atoms with E-state index in [4.69, 9.17) is 9.47 Å². The number of hydrogen-bond donors (Lipinski definition) is 2. The molecule has 0 aromatic heterocycles. The van der Waals surface area contributed by atoms with Gasteiger partial charge < -0.3 is 14.6 Å². The zero-order valence-electron chi connectivity index (χ0n) is 17.8. The van der Waals surface area contributed by atoms with E-state index in [2.05, 4.69) is 10.5 Å². The maximum Gasteiger partial charge on any atom is 0.275 e. The van der Waals surface area contributed by atoms with Crippen LogP contribution in [0.1, 0.15) is 21.5 Å². The van der Waals surface area contributed by atoms with Gasteiger partial charge in [-0.2, -0.15) is 5.10 Å². The van der Waals surface area contributed by atoms with Gasteiger partial charge in [0.1, 0.15) is 18.2 Å². The zero-order chi connectivity index (χ0) is 23.2. The summed E-state index contributed by atoms with van der Waals surface area (Å²) in [6.07, 6.45) is 1.46. The molecule has 4 aromatic rings. The number of rotatable bonds is 7. The standard InChI is InChI=1S/C26H21FN2O4/c1-32-25-12-18(8-11-24(25)33-16-17-6-9-21(27)10-7-17)15-28-29-26(31)22-13-19-4-2-3-5-20(19)14-23(22)30/h2-15,30H,16H2,1H3,(H,29,31)/b28-15+. The number of carbonyl (C=O) groups is 1. The summed E-state index contributed by atoms with van der Waals surface area (Å²) in [5.74, 6) is 0.0537. The molecule has 2 N–H and O–H groups in total. The molecule has 6 nitrogen and oxygen atoms in total. The second-order valence-electron chi connectivity index (χ2n) is 7.24. The molecule has 0 aliphatic rings. The molecule has 0 bridgehead atoms. The topological polar surface area (TPSA) is 80.2 Å². The minimum atomic E-state index is -0.527. The first-order chi connectivity index (χ1) is 16.0. The summed E-state index contributed by atoms with van der Waals surface area (Å²) in [6, 6.07) is 21.8. The van der Waals surface area contributed by atoms with Crippen molar-refractivity contribution in [2.75, 3.05) is 7.11 Å². The smallest absolute Gasteiger partial charge is 0.275 e. The Morgan fingerprint density at radius 1 is 1.00 bits per heavy atom. The molecule has 0 fully saturated rings. The normalized spacial score (nSPS) is 11.0. The Bertz CT molecular complexity index is 1320. The molecule has 0 radical (unpaired) electrons. The van der Waals surface area contributed by atoms with Crippen molar-refractivity contribution in [3.63, 3.8) is 0 Å². The molecule has 33 heavy (non-hydrogen) atoms. The molecule has 0 spiro atoms. The molecule has 0 saturated heterocycles. The number of benzene rings is 4. The van der Waals surface area contributed by atoms with Crippen molar-refractivity contribution in [2.24, 2.45) is 5.10 Å². The van der Waals surface area contributed by atoms with Crippen molar-refractivity contribution in [2.45, 2.75) is 6.61 Å². The fourth-order valence-electron chi connectivity index (χ4n) is 3.26. The Morgan fingerprint density at radius 2 is 1.73 bits per heavy atom. The predicted molar refractivity (Wildman–Crippen MR) is 124 cm³/mol. The number of phenols is 1. The highest BCUT2D eigenvalue weighted by Crippen LogP contribution is 2.28. The SMILES string of the molecule is COc1cc(/C=N/NC(=O)c2cc3ccccc3cc2O)ccc1OCc1ccc(F)cc1. The van der Waals surface area contributed by atoms with Crippen molar-refractivity contribution >= 4 is 22.9 Å². The van der Waals surface area contributed by atoms with E-state index < -0.39 is 5.91 Å². The number of hydrogen-bond acceptors (Lipinski definition) is 5. The molecule has 166 valence electrons. The fourth-order valence-corrected chi connectivity index (χ4v) is 3.26. The van der Waals surface area contributed by atoms with Gasteiger partial charge in [-0.15, -0.1) is 0 Å². The number of hydrazone groups is 1. The predicted octanol–water partition coefficient (Wildman–Crippen LogP) is 5.04. The van der Waals surface area contributed by atoms with Gasteiger partial charge in [0.2, 0.25) is 0 Å². The fraction of sp³-hybridized carbons (Fsp3) is 0.0769. The van der Waals surface area contributed by atoms with E-state index in [0.29, 0.717) is 17.1 Å². The van der Waals surface area contributed by atoms with Crippen LogP contribution in [0.5, 0.6) is 17.2 Å². The Morgan fingerprint density at radius 3 is 2.45 bits per heavy atom. The van der Waals surface area contributed by atoms with Crippen molar-refractivity contribution in [3.8, 4) is 17.2 Å². The molecule has 0 atom stereocenters. The summed E-state index contributed by atoms with van der Waals surface area (Å²) in [7, 11) is 1.52. The quantitative estimate of drug-likeness (QED) is 0.309. The minimum Gasteiger partial charge on any atom is -0.507 e. The Labute approximate surface area is 189 Å². The zero-order valence-corrected chi connectivity index (χ0v) is 17.8. The van der Waals surface area contributed by atoms with Crippen LogP contribution >= 0.6 is 0 Å². The number of halogens is 1. The van der Waals surface area contributed by atoms with Gasteiger partial charge >= 0.3 is 0 Å². The van der Waals surface area contributed by atoms with Crippen LogP contribution in [0.4, 0.5) is 4.39 Å². The molecule has 0 heterocycles. The highest BCUT2D eigenvalue weighted by Gasteiger charge is 2.12. The lowest BCUT2D eigenvalue weighted by Gasteiger charge is -2.11. The number of methoxy groups -OCH3 is 1. The third-order valence-corrected chi connectivity index (χ3v) is 4.98. The van der Waals surface area contributed by atoms with Crippen molar-refractivity contribution in [3.05, 3.63) is 101 Å². The lowest BCUT2D eigenvalue weighted by atomic mass is 10.1. The summed E-state index contributed by atoms with van der Waals surface area (Å²) in [5, 5.41) is 15.8. The van der Waals surface area contributed by atoms with Gasteiger partial charge in [0, 0.05) is 0 Å². The summed E-state index contributed by atoms with van der Waals surface area (Å²) >= 11 is 0. The number of ether oxygens (including phenoxy) is 2. The maximum atomic E-state index is 13.0. The van der Waals surface area contributed by atoms with E-state index in [1.165, 1.54) is 25.5 Å². The first-order valence-electron chi connectivity index (χ1n) is 10.1. The van der Waals surface area contributed by atoms with Crippen LogP contribution in [0.2, 0.25) is 0 Å². The lowest BCUT2D eigenvalue weighted by Crippen LogP contribution is -2.17. The molecular weight excluding hydrogens is 423 g/mol. The molecule has 4 rings (SSSR count). The minimum absolute atomic E-state index is 0.120. The second-order valence-corrected chi connectivity index (χ2v) is 7.24. The molecule has 0 aliphatic carbocycles. The third kappa shape index (κ3) is 5.27. The van der Waals surface area contributed by atoms with E-state index in [9.17, 15) is 14.3 Å². The van der Waals surface area contributed by atoms with E-state index in [1.807, 2.05) is 24.3 Å². The van der Waals surface area contributed by atoms with Crippen LogP contribution in [0.15, 0.2) is 84.0 Å². The summed E-state index contributed by atoms with van der Waals surface area (Å²) < 4.78 is 24.2. The average Bonchev–Trinajstić information content (AvgIpc) is 2.83. The number of fused-ring (bicyclic) bond motifs is 1. The maximum absolute atomic E-state index is 13.0. The molecule has 0 unspecified atom stereocenters. The van der Waals surface area contributed by atoms with E-state index >= 15 is 0 Å². The Kier molecular flexibility index (Phi) is 6.50. The monoisotopic (exact) mass is 444 g/mol. The molecule has 1 amide bonds. The van der Waals surface area contributed by atoms with Gasteiger partial charge in [-0.1, -0.05) is 36.4 Å². The van der Waals surface area contributed by atoms with Crippen LogP contribution in [0.25, 0.3) is 10.8 Å². The molecule has 7 heteroatoms. The highest BCUT2D eigenvalue weighted by molar-refractivity contribution is 6.01. The van der Waals surface area contributed by atoms with Crippen LogP contribution in [-0.4, -0.2) is 24.3 Å². The van der Waals surface area contributed by atoms with Gasteiger partial charge in [-0.05, 0) is 64.4 Å². The molecule has 0 saturated carbocycles. The lowest BCUT2D eigenvalue weighted by molar-refractivity contribution is 0.0952. The van der Waals surface area contributed by atoms with Gasteiger partial charge in [-0.25, -0.2) is 9.82 Å². The first-order valence-corrected chi connectivity index (χ1v) is 10.1. The largest absolute Gasteiger partial charge is 0.507 e. The van der Waals surface area contributed by atoms with Gasteiger partial charge in [0.15, 0.2) is 11.5 Å². The first kappa shape index (κ1) is 21.8. The van der Waals surface area contributed by atoms with E-state index in [1.54, 1.807) is 42.5 Å². The van der Waals surface area contributed by atoms with E-state index in [-0.39, 0.29) is 23.7 Å². The number of nitrogens with one attached hydrogen (secondary N) is 1. The van der Waals surface area contributed by atoms with Crippen LogP contribution in [-0.2, 0) is 6.61 Å². The van der Waals surface area contributed by atoms with Gasteiger partial charge in [0.05, 0.1) is 18.9 Å². The van der Waals surface area contributed by atoms with Crippen LogP contribution < -0.4 is 14.9 Å². The van der Waals surface area contributed by atoms with Gasteiger partial charge in [-0.3, -0.25) is 4.79 Å². The van der Waals surface area contributed by atoms with Crippen LogP contribution in [0.3, 0.4) is 0 Å². The van der Waals surface area contributed by atoms with Gasteiger partial charge in [0.25, 0.3) is 5.91 Å². The van der Waals surface area contributed by atoms with Crippen molar-refractivity contribution in [1.82, 2.24) is 5.43 Å². The average molecular weight is 444 g/mol. The summed E-state index contributed by atoms with van der Waals surface area (Å²) in [6.45, 7) is 0.259. The Balaban J connectivity index is 1.42. The van der Waals surface area contributed by atoms with E-state index in [0.717, 1.165) is 16.3 Å². The third-order valence-electron chi connectivity index (χ3n) is 4.98. The van der Waals surface area contributed by atoms with Crippen molar-refractivity contribution in [1.29, 1.82) is 0 Å². The second kappa shape index (κ2) is 9.82.